The molecule has 0 saturated carbocycles. The first-order chi connectivity index (χ1) is 7.70. The number of aromatic nitrogens is 2. The van der Waals surface area contributed by atoms with Crippen LogP contribution in [0.1, 0.15) is 10.4 Å². The minimum atomic E-state index is -0.235. The number of nitrogens with zero attached hydrogens (tertiary/aromatic N) is 1. The van der Waals surface area contributed by atoms with E-state index in [1.54, 1.807) is 18.2 Å². The summed E-state index contributed by atoms with van der Waals surface area (Å²) in [6.45, 7) is 0.157. The van der Waals surface area contributed by atoms with Gasteiger partial charge in [-0.25, -0.2) is 4.98 Å². The average molecular weight is 240 g/mol. The summed E-state index contributed by atoms with van der Waals surface area (Å²) in [6, 6.07) is 5.04. The predicted molar refractivity (Wildman–Crippen MR) is 60.5 cm³/mol. The normalized spacial score (nSPS) is 10.6. The van der Waals surface area contributed by atoms with Crippen LogP contribution >= 0.6 is 11.6 Å². The highest BCUT2D eigenvalue weighted by Crippen LogP contribution is 2.15. The molecule has 1 aromatic carbocycles. The summed E-state index contributed by atoms with van der Waals surface area (Å²) in [5.41, 5.74) is 1.92. The van der Waals surface area contributed by atoms with Crippen molar-refractivity contribution in [3.05, 3.63) is 29.0 Å². The summed E-state index contributed by atoms with van der Waals surface area (Å²) in [7, 11) is 0. The monoisotopic (exact) mass is 239 g/mol. The Morgan fingerprint density at radius 2 is 2.38 bits per heavy atom. The molecule has 2 aromatic rings. The number of aliphatic hydroxyl groups excluding tert-OH is 1. The molecule has 1 amide bonds. The standard InChI is InChI=1S/C10H10ClN3O2/c11-10-13-7-2-1-6(5-8(7)14-10)9(16)12-3-4-15/h1-2,5,15H,3-4H2,(H,12,16)(H,13,14). The Bertz CT molecular complexity index is 524. The van der Waals surface area contributed by atoms with E-state index in [-0.39, 0.29) is 19.1 Å². The lowest BCUT2D eigenvalue weighted by atomic mass is 10.2. The van der Waals surface area contributed by atoms with Gasteiger partial charge in [0, 0.05) is 12.1 Å². The maximum absolute atomic E-state index is 11.6. The number of carbonyl (C=O) groups excluding carboxylic acids is 1. The number of fused-ring (bicyclic) bond motifs is 1. The Morgan fingerprint density at radius 3 is 3.12 bits per heavy atom. The molecule has 0 fully saturated rings. The van der Waals surface area contributed by atoms with E-state index in [1.165, 1.54) is 0 Å². The van der Waals surface area contributed by atoms with Gasteiger partial charge in [-0.05, 0) is 29.8 Å². The number of aromatic amines is 1. The topological polar surface area (TPSA) is 78.0 Å². The highest BCUT2D eigenvalue weighted by Gasteiger charge is 2.07. The van der Waals surface area contributed by atoms with Crippen molar-refractivity contribution in [1.29, 1.82) is 0 Å². The van der Waals surface area contributed by atoms with E-state index in [2.05, 4.69) is 15.3 Å². The van der Waals surface area contributed by atoms with Gasteiger partial charge in [-0.1, -0.05) is 0 Å². The van der Waals surface area contributed by atoms with Crippen LogP contribution in [0.3, 0.4) is 0 Å². The summed E-state index contributed by atoms with van der Waals surface area (Å²) in [5, 5.41) is 11.4. The van der Waals surface area contributed by atoms with Gasteiger partial charge in [-0.3, -0.25) is 4.79 Å². The molecule has 0 bridgehead atoms. The minimum absolute atomic E-state index is 0.0795. The van der Waals surface area contributed by atoms with E-state index in [0.717, 1.165) is 0 Å². The summed E-state index contributed by atoms with van der Waals surface area (Å²) >= 11 is 5.70. The van der Waals surface area contributed by atoms with Crippen molar-refractivity contribution in [2.45, 2.75) is 0 Å². The SMILES string of the molecule is O=C(NCCO)c1ccc2nc(Cl)[nH]c2c1. The molecular weight excluding hydrogens is 230 g/mol. The molecule has 0 radical (unpaired) electrons. The number of hydrogen-bond donors (Lipinski definition) is 3. The third-order valence-electron chi connectivity index (χ3n) is 2.11. The van der Waals surface area contributed by atoms with E-state index in [0.29, 0.717) is 21.9 Å². The summed E-state index contributed by atoms with van der Waals surface area (Å²) in [6.07, 6.45) is 0. The van der Waals surface area contributed by atoms with Gasteiger partial charge in [0.2, 0.25) is 5.28 Å². The fraction of sp³-hybridized carbons (Fsp3) is 0.200. The van der Waals surface area contributed by atoms with Gasteiger partial charge in [0.05, 0.1) is 17.6 Å². The third kappa shape index (κ3) is 2.15. The molecule has 6 heteroatoms. The lowest BCUT2D eigenvalue weighted by Crippen LogP contribution is -2.26. The van der Waals surface area contributed by atoms with Crippen molar-refractivity contribution in [3.8, 4) is 0 Å². The van der Waals surface area contributed by atoms with Crippen molar-refractivity contribution in [3.63, 3.8) is 0 Å². The van der Waals surface area contributed by atoms with Gasteiger partial charge in [0.1, 0.15) is 0 Å². The third-order valence-corrected chi connectivity index (χ3v) is 2.29. The Kier molecular flexibility index (Phi) is 3.07. The number of rotatable bonds is 3. The fourth-order valence-corrected chi connectivity index (χ4v) is 1.58. The van der Waals surface area contributed by atoms with Gasteiger partial charge < -0.3 is 15.4 Å². The smallest absolute Gasteiger partial charge is 0.251 e. The Balaban J connectivity index is 2.28. The van der Waals surface area contributed by atoms with E-state index >= 15 is 0 Å². The predicted octanol–water partition coefficient (Wildman–Crippen LogP) is 0.938. The van der Waals surface area contributed by atoms with Gasteiger partial charge in [-0.2, -0.15) is 0 Å². The highest BCUT2D eigenvalue weighted by atomic mass is 35.5. The molecule has 1 heterocycles. The zero-order valence-corrected chi connectivity index (χ0v) is 9.08. The Morgan fingerprint density at radius 1 is 1.56 bits per heavy atom. The van der Waals surface area contributed by atoms with Gasteiger partial charge >= 0.3 is 0 Å². The molecule has 84 valence electrons. The van der Waals surface area contributed by atoms with Crippen LogP contribution in [0.25, 0.3) is 11.0 Å². The fourth-order valence-electron chi connectivity index (χ4n) is 1.39. The lowest BCUT2D eigenvalue weighted by molar-refractivity contribution is 0.0945. The van der Waals surface area contributed by atoms with Crippen molar-refractivity contribution < 1.29 is 9.90 Å². The summed E-state index contributed by atoms with van der Waals surface area (Å²) < 4.78 is 0. The molecule has 0 aliphatic rings. The van der Waals surface area contributed by atoms with Gasteiger partial charge in [-0.15, -0.1) is 0 Å². The quantitative estimate of drug-likeness (QED) is 0.746. The second-order valence-electron chi connectivity index (χ2n) is 3.24. The second kappa shape index (κ2) is 4.51. The maximum atomic E-state index is 11.6. The molecule has 5 nitrogen and oxygen atoms in total. The van der Waals surface area contributed by atoms with Crippen molar-refractivity contribution in [2.24, 2.45) is 0 Å². The van der Waals surface area contributed by atoms with Crippen LogP contribution in [0.5, 0.6) is 0 Å². The van der Waals surface area contributed by atoms with Crippen LogP contribution in [-0.4, -0.2) is 34.1 Å². The van der Waals surface area contributed by atoms with Crippen LogP contribution in [0, 0.1) is 0 Å². The van der Waals surface area contributed by atoms with Crippen molar-refractivity contribution >= 4 is 28.5 Å². The Labute approximate surface area is 96.4 Å². The molecule has 0 unspecified atom stereocenters. The number of aliphatic hydroxyl groups is 1. The van der Waals surface area contributed by atoms with Crippen LogP contribution in [0.15, 0.2) is 18.2 Å². The maximum Gasteiger partial charge on any atom is 0.251 e. The van der Waals surface area contributed by atoms with E-state index in [9.17, 15) is 4.79 Å². The number of halogens is 1. The van der Waals surface area contributed by atoms with Crippen LogP contribution in [0.4, 0.5) is 0 Å². The van der Waals surface area contributed by atoms with Gasteiger partial charge in [0.25, 0.3) is 5.91 Å². The zero-order valence-electron chi connectivity index (χ0n) is 8.33. The molecule has 16 heavy (non-hydrogen) atoms. The van der Waals surface area contributed by atoms with Crippen molar-refractivity contribution in [2.75, 3.05) is 13.2 Å². The number of amides is 1. The average Bonchev–Trinajstić information content (AvgIpc) is 2.64. The summed E-state index contributed by atoms with van der Waals surface area (Å²) in [5.74, 6) is -0.235. The van der Waals surface area contributed by atoms with Crippen LogP contribution in [-0.2, 0) is 0 Å². The first-order valence-corrected chi connectivity index (χ1v) is 5.13. The van der Waals surface area contributed by atoms with E-state index in [1.807, 2.05) is 0 Å². The van der Waals surface area contributed by atoms with Crippen LogP contribution in [0.2, 0.25) is 5.28 Å². The zero-order chi connectivity index (χ0) is 11.5. The summed E-state index contributed by atoms with van der Waals surface area (Å²) in [4.78, 5) is 18.4. The molecule has 0 aliphatic heterocycles. The lowest BCUT2D eigenvalue weighted by Gasteiger charge is -2.02. The number of H-pyrrole nitrogens is 1. The molecule has 0 saturated heterocycles. The molecule has 1 aromatic heterocycles. The molecule has 0 aliphatic carbocycles. The van der Waals surface area contributed by atoms with E-state index in [4.69, 9.17) is 16.7 Å². The van der Waals surface area contributed by atoms with Gasteiger partial charge in [0.15, 0.2) is 0 Å². The van der Waals surface area contributed by atoms with Crippen LogP contribution < -0.4 is 5.32 Å². The first kappa shape index (κ1) is 10.9. The number of carbonyl (C=O) groups is 1. The highest BCUT2D eigenvalue weighted by molar-refractivity contribution is 6.29. The number of benzene rings is 1. The van der Waals surface area contributed by atoms with Crippen molar-refractivity contribution in [1.82, 2.24) is 15.3 Å². The minimum Gasteiger partial charge on any atom is -0.395 e. The molecular formula is C10H10ClN3O2. The number of hydrogen-bond acceptors (Lipinski definition) is 3. The number of imidazole rings is 1. The molecule has 0 atom stereocenters. The first-order valence-electron chi connectivity index (χ1n) is 4.75. The van der Waals surface area contributed by atoms with E-state index < -0.39 is 0 Å². The molecule has 2 rings (SSSR count). The molecule has 0 spiro atoms. The molecule has 3 N–H and O–H groups in total. The number of nitrogens with one attached hydrogen (secondary N) is 2. The Hall–Kier alpha value is -1.59. The largest absolute Gasteiger partial charge is 0.395 e. The second-order valence-corrected chi connectivity index (χ2v) is 3.60.